The van der Waals surface area contributed by atoms with E-state index in [4.69, 9.17) is 34.0 Å². The lowest BCUT2D eigenvalue weighted by atomic mass is 9.99. The molecule has 0 heterocycles. The number of halogens is 2. The van der Waals surface area contributed by atoms with Gasteiger partial charge in [-0.3, -0.25) is 0 Å². The maximum Gasteiger partial charge on any atom is 0.0472 e. The van der Waals surface area contributed by atoms with Crippen LogP contribution in [0.25, 0.3) is 11.1 Å². The molecule has 3 N–H and O–H groups in total. The molecule has 0 spiro atoms. The van der Waals surface area contributed by atoms with Crippen LogP contribution in [0.1, 0.15) is 5.56 Å². The number of rotatable bonds is 3. The highest BCUT2D eigenvalue weighted by Crippen LogP contribution is 2.32. The van der Waals surface area contributed by atoms with Gasteiger partial charge in [0.2, 0.25) is 0 Å². The molecule has 2 rings (SSSR count). The Morgan fingerprint density at radius 3 is 2.33 bits per heavy atom. The lowest BCUT2D eigenvalue weighted by Gasteiger charge is -2.11. The lowest BCUT2D eigenvalue weighted by Crippen LogP contribution is -1.99. The van der Waals surface area contributed by atoms with Crippen LogP contribution in [0.3, 0.4) is 0 Å². The van der Waals surface area contributed by atoms with Crippen LogP contribution in [0.15, 0.2) is 36.4 Å². The number of anilines is 1. The maximum absolute atomic E-state index is 9.00. The zero-order chi connectivity index (χ0) is 13.1. The molecule has 0 unspecified atom stereocenters. The van der Waals surface area contributed by atoms with Crippen molar-refractivity contribution in [2.24, 2.45) is 0 Å². The van der Waals surface area contributed by atoms with E-state index in [0.717, 1.165) is 16.7 Å². The molecule has 0 aliphatic carbocycles. The Bertz CT molecular complexity index is 549. The highest BCUT2D eigenvalue weighted by molar-refractivity contribution is 6.35. The summed E-state index contributed by atoms with van der Waals surface area (Å²) in [6, 6.07) is 11.1. The summed E-state index contributed by atoms with van der Waals surface area (Å²) in [6.45, 7) is 0.0734. The first-order valence-corrected chi connectivity index (χ1v) is 6.32. The molecule has 18 heavy (non-hydrogen) atoms. The second-order valence-electron chi connectivity index (χ2n) is 4.01. The van der Waals surface area contributed by atoms with Crippen LogP contribution in [-0.4, -0.2) is 11.7 Å². The Morgan fingerprint density at radius 1 is 1.06 bits per heavy atom. The predicted molar refractivity (Wildman–Crippen MR) is 77.1 cm³/mol. The molecule has 0 aromatic heterocycles. The summed E-state index contributed by atoms with van der Waals surface area (Å²) in [6.07, 6.45) is 0.536. The lowest BCUT2D eigenvalue weighted by molar-refractivity contribution is 0.300. The molecular formula is C14H13Cl2NO. The summed E-state index contributed by atoms with van der Waals surface area (Å²) in [4.78, 5) is 0. The molecule has 2 aromatic carbocycles. The van der Waals surface area contributed by atoms with Gasteiger partial charge in [-0.1, -0.05) is 41.4 Å². The van der Waals surface area contributed by atoms with Gasteiger partial charge in [0.05, 0.1) is 0 Å². The average Bonchev–Trinajstić information content (AvgIpc) is 2.31. The standard InChI is InChI=1S/C14H13Cl2NO/c15-11-6-10(7-12(16)8-11)13-3-1-2-9(4-5-18)14(13)17/h1-3,6-8,18H,4-5,17H2. The number of nitrogens with two attached hydrogens (primary N) is 1. The van der Waals surface area contributed by atoms with Gasteiger partial charge in [-0.15, -0.1) is 0 Å². The topological polar surface area (TPSA) is 46.2 Å². The monoisotopic (exact) mass is 281 g/mol. The molecule has 0 saturated heterocycles. The molecule has 0 saturated carbocycles. The minimum Gasteiger partial charge on any atom is -0.398 e. The van der Waals surface area contributed by atoms with E-state index < -0.39 is 0 Å². The van der Waals surface area contributed by atoms with E-state index in [-0.39, 0.29) is 6.61 Å². The van der Waals surface area contributed by atoms with Gasteiger partial charge in [0.1, 0.15) is 0 Å². The zero-order valence-electron chi connectivity index (χ0n) is 9.66. The Balaban J connectivity index is 2.53. The molecule has 94 valence electrons. The van der Waals surface area contributed by atoms with Crippen molar-refractivity contribution in [3.8, 4) is 11.1 Å². The summed E-state index contributed by atoms with van der Waals surface area (Å²) >= 11 is 12.0. The fraction of sp³-hybridized carbons (Fsp3) is 0.143. The van der Waals surface area contributed by atoms with Crippen LogP contribution < -0.4 is 5.73 Å². The highest BCUT2D eigenvalue weighted by Gasteiger charge is 2.08. The van der Waals surface area contributed by atoms with Gasteiger partial charge < -0.3 is 10.8 Å². The van der Waals surface area contributed by atoms with Gasteiger partial charge in [-0.2, -0.15) is 0 Å². The van der Waals surface area contributed by atoms with E-state index in [2.05, 4.69) is 0 Å². The first-order chi connectivity index (χ1) is 8.61. The third kappa shape index (κ3) is 2.78. The summed E-state index contributed by atoms with van der Waals surface area (Å²) in [5.41, 5.74) is 9.44. The van der Waals surface area contributed by atoms with Crippen molar-refractivity contribution in [3.63, 3.8) is 0 Å². The molecule has 0 aliphatic rings. The number of aliphatic hydroxyl groups is 1. The zero-order valence-corrected chi connectivity index (χ0v) is 11.2. The number of hydrogen-bond acceptors (Lipinski definition) is 2. The fourth-order valence-corrected chi connectivity index (χ4v) is 2.44. The Kier molecular flexibility index (Phi) is 4.12. The molecule has 0 bridgehead atoms. The van der Waals surface area contributed by atoms with Gasteiger partial charge >= 0.3 is 0 Å². The van der Waals surface area contributed by atoms with E-state index in [0.29, 0.717) is 22.2 Å². The first kappa shape index (κ1) is 13.2. The number of hydrogen-bond donors (Lipinski definition) is 2. The summed E-state index contributed by atoms with van der Waals surface area (Å²) in [5, 5.41) is 10.1. The molecule has 0 amide bonds. The van der Waals surface area contributed by atoms with Crippen LogP contribution >= 0.6 is 23.2 Å². The van der Waals surface area contributed by atoms with Gasteiger partial charge in [0.25, 0.3) is 0 Å². The van der Waals surface area contributed by atoms with Crippen LogP contribution in [0.4, 0.5) is 5.69 Å². The van der Waals surface area contributed by atoms with E-state index >= 15 is 0 Å². The minimum absolute atomic E-state index is 0.0734. The summed E-state index contributed by atoms with van der Waals surface area (Å²) < 4.78 is 0. The van der Waals surface area contributed by atoms with Crippen molar-refractivity contribution in [2.45, 2.75) is 6.42 Å². The van der Waals surface area contributed by atoms with Crippen molar-refractivity contribution >= 4 is 28.9 Å². The Morgan fingerprint density at radius 2 is 1.72 bits per heavy atom. The smallest absolute Gasteiger partial charge is 0.0472 e. The predicted octanol–water partition coefficient (Wildman–Crippen LogP) is 3.78. The summed E-state index contributed by atoms with van der Waals surface area (Å²) in [5.74, 6) is 0. The van der Waals surface area contributed by atoms with Crippen LogP contribution in [0.5, 0.6) is 0 Å². The van der Waals surface area contributed by atoms with Gasteiger partial charge in [-0.25, -0.2) is 0 Å². The van der Waals surface area contributed by atoms with Crippen molar-refractivity contribution in [1.29, 1.82) is 0 Å². The molecule has 4 heteroatoms. The molecule has 2 nitrogen and oxygen atoms in total. The van der Waals surface area contributed by atoms with E-state index in [1.165, 1.54) is 0 Å². The van der Waals surface area contributed by atoms with Gasteiger partial charge in [-0.05, 0) is 35.7 Å². The SMILES string of the molecule is Nc1c(CCO)cccc1-c1cc(Cl)cc(Cl)c1. The van der Waals surface area contributed by atoms with Gasteiger partial charge in [0.15, 0.2) is 0 Å². The van der Waals surface area contributed by atoms with E-state index in [1.54, 1.807) is 6.07 Å². The van der Waals surface area contributed by atoms with Crippen LogP contribution in [-0.2, 0) is 6.42 Å². The summed E-state index contributed by atoms with van der Waals surface area (Å²) in [7, 11) is 0. The van der Waals surface area contributed by atoms with Crippen LogP contribution in [0, 0.1) is 0 Å². The Hall–Kier alpha value is -1.22. The quantitative estimate of drug-likeness (QED) is 0.841. The van der Waals surface area contributed by atoms with E-state index in [1.807, 2.05) is 30.3 Å². The molecule has 2 aromatic rings. The third-order valence-corrected chi connectivity index (χ3v) is 3.19. The molecule has 0 radical (unpaired) electrons. The number of benzene rings is 2. The normalized spacial score (nSPS) is 10.6. The largest absolute Gasteiger partial charge is 0.398 e. The molecule has 0 fully saturated rings. The fourth-order valence-electron chi connectivity index (χ4n) is 1.91. The van der Waals surface area contributed by atoms with Crippen molar-refractivity contribution in [2.75, 3.05) is 12.3 Å². The molecule has 0 atom stereocenters. The number of aliphatic hydroxyl groups excluding tert-OH is 1. The van der Waals surface area contributed by atoms with Crippen LogP contribution in [0.2, 0.25) is 10.0 Å². The first-order valence-electron chi connectivity index (χ1n) is 5.56. The minimum atomic E-state index is 0.0734. The number of para-hydroxylation sites is 1. The second-order valence-corrected chi connectivity index (χ2v) is 4.88. The average molecular weight is 282 g/mol. The van der Waals surface area contributed by atoms with E-state index in [9.17, 15) is 0 Å². The molecule has 0 aliphatic heterocycles. The third-order valence-electron chi connectivity index (χ3n) is 2.75. The maximum atomic E-state index is 9.00. The van der Waals surface area contributed by atoms with Crippen molar-refractivity contribution in [3.05, 3.63) is 52.0 Å². The van der Waals surface area contributed by atoms with Gasteiger partial charge in [0, 0.05) is 27.9 Å². The Labute approximate surface area is 116 Å². The molecular weight excluding hydrogens is 269 g/mol. The highest BCUT2D eigenvalue weighted by atomic mass is 35.5. The second kappa shape index (κ2) is 5.61. The number of nitrogen functional groups attached to an aromatic ring is 1. The van der Waals surface area contributed by atoms with Crippen molar-refractivity contribution in [1.82, 2.24) is 0 Å². The van der Waals surface area contributed by atoms with Crippen molar-refractivity contribution < 1.29 is 5.11 Å².